The lowest BCUT2D eigenvalue weighted by Crippen LogP contribution is -2.21. The summed E-state index contributed by atoms with van der Waals surface area (Å²) < 4.78 is 1.95. The molecule has 12 heavy (non-hydrogen) atoms. The Bertz CT molecular complexity index is 291. The fourth-order valence-electron chi connectivity index (χ4n) is 0.864. The second-order valence-electron chi connectivity index (χ2n) is 2.28. The first-order chi connectivity index (χ1) is 5.65. The molecule has 1 aromatic carbocycles. The summed E-state index contributed by atoms with van der Waals surface area (Å²) in [5, 5.41) is 9.55. The maximum Gasteiger partial charge on any atom is 0.133 e. The number of benzene rings is 1. The van der Waals surface area contributed by atoms with E-state index < -0.39 is 0 Å². The molecule has 3 nitrogen and oxygen atoms in total. The molecule has 0 radical (unpaired) electrons. The molecule has 0 bridgehead atoms. The minimum atomic E-state index is 0.314. The highest BCUT2D eigenvalue weighted by molar-refractivity contribution is 14.1. The molecule has 0 saturated carbocycles. The van der Waals surface area contributed by atoms with Crippen molar-refractivity contribution in [2.75, 3.05) is 0 Å². The normalized spacial score (nSPS) is 10.2. The summed E-state index contributed by atoms with van der Waals surface area (Å²) in [6, 6.07) is 3.81. The van der Waals surface area contributed by atoms with Crippen molar-refractivity contribution in [2.45, 2.75) is 6.54 Å². The topological polar surface area (TPSA) is 58.3 Å². The van der Waals surface area contributed by atoms with Gasteiger partial charge in [-0.05, 0) is 57.3 Å². The van der Waals surface area contributed by atoms with Crippen LogP contribution in [0.1, 0.15) is 5.56 Å². The minimum absolute atomic E-state index is 0.314. The van der Waals surface area contributed by atoms with Gasteiger partial charge in [-0.25, -0.2) is 0 Å². The molecule has 66 valence electrons. The summed E-state index contributed by atoms with van der Waals surface area (Å²) in [6.07, 6.45) is 0. The highest BCUT2D eigenvalue weighted by Gasteiger charge is 2.05. The zero-order valence-corrected chi connectivity index (χ0v) is 10.5. The molecule has 0 atom stereocenters. The van der Waals surface area contributed by atoms with Crippen LogP contribution in [0.4, 0.5) is 0 Å². The first-order valence-electron chi connectivity index (χ1n) is 3.25. The van der Waals surface area contributed by atoms with Gasteiger partial charge in [0.1, 0.15) is 5.75 Å². The predicted molar refractivity (Wildman–Crippen MR) is 64.6 cm³/mol. The second kappa shape index (κ2) is 4.58. The molecule has 0 saturated heterocycles. The SMILES string of the molecule is NNCc1cc(I)cc(I)c1O. The van der Waals surface area contributed by atoms with Crippen molar-refractivity contribution in [3.05, 3.63) is 24.8 Å². The number of rotatable bonds is 2. The molecule has 0 aliphatic rings. The molecule has 0 spiro atoms. The molecule has 5 heteroatoms. The van der Waals surface area contributed by atoms with Crippen molar-refractivity contribution in [3.8, 4) is 5.75 Å². The number of halogens is 2. The van der Waals surface area contributed by atoms with Crippen LogP contribution in [0.15, 0.2) is 12.1 Å². The van der Waals surface area contributed by atoms with Crippen LogP contribution in [0.2, 0.25) is 0 Å². The number of phenolic OH excluding ortho intramolecular Hbond substituents is 1. The fraction of sp³-hybridized carbons (Fsp3) is 0.143. The first-order valence-corrected chi connectivity index (χ1v) is 5.41. The second-order valence-corrected chi connectivity index (χ2v) is 4.68. The van der Waals surface area contributed by atoms with Crippen LogP contribution < -0.4 is 11.3 Å². The average Bonchev–Trinajstić information content (AvgIpc) is 2.00. The third-order valence-corrected chi connectivity index (χ3v) is 2.84. The Morgan fingerprint density at radius 2 is 2.08 bits per heavy atom. The summed E-state index contributed by atoms with van der Waals surface area (Å²) in [5.74, 6) is 5.48. The molecule has 0 amide bonds. The first kappa shape index (κ1) is 10.5. The Hall–Kier alpha value is 0.400. The molecule has 0 aliphatic carbocycles. The third-order valence-electron chi connectivity index (χ3n) is 1.40. The summed E-state index contributed by atoms with van der Waals surface area (Å²) >= 11 is 4.29. The molecule has 1 rings (SSSR count). The van der Waals surface area contributed by atoms with E-state index in [0.29, 0.717) is 12.3 Å². The van der Waals surface area contributed by atoms with Crippen LogP contribution in [0, 0.1) is 7.14 Å². The van der Waals surface area contributed by atoms with Crippen molar-refractivity contribution in [2.24, 2.45) is 5.84 Å². The van der Waals surface area contributed by atoms with Crippen LogP contribution in [0.5, 0.6) is 5.75 Å². The van der Waals surface area contributed by atoms with E-state index in [2.05, 4.69) is 50.6 Å². The molecule has 0 aromatic heterocycles. The Kier molecular flexibility index (Phi) is 4.00. The lowest BCUT2D eigenvalue weighted by atomic mass is 10.2. The Morgan fingerprint density at radius 1 is 1.42 bits per heavy atom. The van der Waals surface area contributed by atoms with E-state index in [9.17, 15) is 5.11 Å². The number of hydrazine groups is 1. The highest BCUT2D eigenvalue weighted by Crippen LogP contribution is 2.26. The number of aromatic hydroxyl groups is 1. The minimum Gasteiger partial charge on any atom is -0.507 e. The van der Waals surface area contributed by atoms with E-state index in [4.69, 9.17) is 5.84 Å². The van der Waals surface area contributed by atoms with Gasteiger partial charge in [0.05, 0.1) is 3.57 Å². The Labute approximate surface area is 98.0 Å². The van der Waals surface area contributed by atoms with Crippen LogP contribution in [-0.4, -0.2) is 5.11 Å². The molecule has 0 fully saturated rings. The summed E-state index contributed by atoms with van der Waals surface area (Å²) in [6.45, 7) is 0.485. The van der Waals surface area contributed by atoms with Crippen molar-refractivity contribution >= 4 is 45.2 Å². The number of nitrogens with two attached hydrogens (primary N) is 1. The van der Waals surface area contributed by atoms with E-state index in [1.807, 2.05) is 12.1 Å². The zero-order chi connectivity index (χ0) is 9.14. The van der Waals surface area contributed by atoms with Gasteiger partial charge >= 0.3 is 0 Å². The maximum atomic E-state index is 9.55. The fourth-order valence-corrected chi connectivity index (χ4v) is 2.83. The monoisotopic (exact) mass is 390 g/mol. The lowest BCUT2D eigenvalue weighted by Gasteiger charge is -2.06. The molecule has 0 heterocycles. The summed E-state index contributed by atoms with van der Waals surface area (Å²) in [7, 11) is 0. The van der Waals surface area contributed by atoms with Crippen LogP contribution in [0.25, 0.3) is 0 Å². The summed E-state index contributed by atoms with van der Waals surface area (Å²) in [5.41, 5.74) is 3.34. The number of hydrogen-bond donors (Lipinski definition) is 3. The number of phenols is 1. The Balaban J connectivity index is 3.09. The van der Waals surface area contributed by atoms with E-state index in [1.165, 1.54) is 0 Å². The summed E-state index contributed by atoms with van der Waals surface area (Å²) in [4.78, 5) is 0. The quantitative estimate of drug-likeness (QED) is 0.409. The van der Waals surface area contributed by atoms with Gasteiger partial charge in [0.25, 0.3) is 0 Å². The average molecular weight is 390 g/mol. The lowest BCUT2D eigenvalue weighted by molar-refractivity contribution is 0.461. The van der Waals surface area contributed by atoms with E-state index in [-0.39, 0.29) is 0 Å². The van der Waals surface area contributed by atoms with Gasteiger partial charge in [-0.3, -0.25) is 11.3 Å². The van der Waals surface area contributed by atoms with Gasteiger partial charge in [-0.1, -0.05) is 0 Å². The van der Waals surface area contributed by atoms with Crippen LogP contribution in [-0.2, 0) is 6.54 Å². The van der Waals surface area contributed by atoms with Gasteiger partial charge in [0.15, 0.2) is 0 Å². The largest absolute Gasteiger partial charge is 0.507 e. The predicted octanol–water partition coefficient (Wildman–Crippen LogP) is 1.56. The van der Waals surface area contributed by atoms with Gasteiger partial charge in [-0.15, -0.1) is 0 Å². The Morgan fingerprint density at radius 3 is 2.67 bits per heavy atom. The van der Waals surface area contributed by atoms with E-state index in [1.54, 1.807) is 0 Å². The number of hydrogen-bond acceptors (Lipinski definition) is 3. The molecule has 0 aliphatic heterocycles. The van der Waals surface area contributed by atoms with Crippen molar-refractivity contribution in [1.29, 1.82) is 0 Å². The van der Waals surface area contributed by atoms with Crippen molar-refractivity contribution in [1.82, 2.24) is 5.43 Å². The van der Waals surface area contributed by atoms with E-state index >= 15 is 0 Å². The zero-order valence-electron chi connectivity index (χ0n) is 6.14. The van der Waals surface area contributed by atoms with Gasteiger partial charge < -0.3 is 5.11 Å². The molecule has 1 aromatic rings. The van der Waals surface area contributed by atoms with Crippen molar-refractivity contribution < 1.29 is 5.11 Å². The van der Waals surface area contributed by atoms with Crippen LogP contribution >= 0.6 is 45.2 Å². The van der Waals surface area contributed by atoms with Gasteiger partial charge in [0, 0.05) is 15.7 Å². The molecular formula is C7H8I2N2O. The van der Waals surface area contributed by atoms with Gasteiger partial charge in [-0.2, -0.15) is 0 Å². The molecule has 0 unspecified atom stereocenters. The highest BCUT2D eigenvalue weighted by atomic mass is 127. The third kappa shape index (κ3) is 2.44. The van der Waals surface area contributed by atoms with E-state index in [0.717, 1.165) is 12.7 Å². The molecule has 4 N–H and O–H groups in total. The maximum absolute atomic E-state index is 9.55. The number of nitrogens with one attached hydrogen (secondary N) is 1. The van der Waals surface area contributed by atoms with Crippen LogP contribution in [0.3, 0.4) is 0 Å². The smallest absolute Gasteiger partial charge is 0.133 e. The van der Waals surface area contributed by atoms with Crippen molar-refractivity contribution in [3.63, 3.8) is 0 Å². The standard InChI is InChI=1S/C7H8I2N2O/c8-5-1-4(3-11-10)7(12)6(9)2-5/h1-2,11-12H,3,10H2. The van der Waals surface area contributed by atoms with Gasteiger partial charge in [0.2, 0.25) is 0 Å². The molecular weight excluding hydrogens is 382 g/mol.